The summed E-state index contributed by atoms with van der Waals surface area (Å²) in [6.07, 6.45) is 2.21. The first-order chi connectivity index (χ1) is 13.7. The first-order valence-corrected chi connectivity index (χ1v) is 9.72. The first-order valence-electron chi connectivity index (χ1n) is 9.72. The minimum Gasteiger partial charge on any atom is -0.493 e. The van der Waals surface area contributed by atoms with Crippen molar-refractivity contribution in [3.05, 3.63) is 53.6 Å². The van der Waals surface area contributed by atoms with Crippen molar-refractivity contribution >= 4 is 35.6 Å². The van der Waals surface area contributed by atoms with Crippen molar-refractivity contribution in [2.75, 3.05) is 46.2 Å². The van der Waals surface area contributed by atoms with E-state index in [1.54, 1.807) is 21.3 Å². The van der Waals surface area contributed by atoms with Crippen LogP contribution in [-0.2, 0) is 13.0 Å². The van der Waals surface area contributed by atoms with Crippen molar-refractivity contribution in [2.45, 2.75) is 19.4 Å². The lowest BCUT2D eigenvalue weighted by Crippen LogP contribution is -2.35. The molecule has 0 bridgehead atoms. The van der Waals surface area contributed by atoms with E-state index >= 15 is 0 Å². The molecule has 0 spiro atoms. The van der Waals surface area contributed by atoms with Gasteiger partial charge in [-0.2, -0.15) is 0 Å². The van der Waals surface area contributed by atoms with Crippen molar-refractivity contribution in [1.29, 1.82) is 0 Å². The molecule has 0 aliphatic carbocycles. The molecule has 0 radical (unpaired) electrons. The van der Waals surface area contributed by atoms with Gasteiger partial charge in [0, 0.05) is 45.0 Å². The molecule has 0 fully saturated rings. The Morgan fingerprint density at radius 3 is 2.55 bits per heavy atom. The highest BCUT2D eigenvalue weighted by molar-refractivity contribution is 14.0. The molecule has 0 aromatic heterocycles. The summed E-state index contributed by atoms with van der Waals surface area (Å²) < 4.78 is 10.6. The minimum atomic E-state index is 0. The van der Waals surface area contributed by atoms with Gasteiger partial charge in [-0.15, -0.1) is 24.0 Å². The normalized spacial score (nSPS) is 13.8. The van der Waals surface area contributed by atoms with Gasteiger partial charge in [0.1, 0.15) is 0 Å². The van der Waals surface area contributed by atoms with E-state index in [2.05, 4.69) is 44.8 Å². The highest BCUT2D eigenvalue weighted by Gasteiger charge is 2.15. The molecule has 0 amide bonds. The molecule has 2 aromatic carbocycles. The average molecular weight is 510 g/mol. The van der Waals surface area contributed by atoms with Gasteiger partial charge in [0.25, 0.3) is 0 Å². The second-order valence-electron chi connectivity index (χ2n) is 6.84. The molecular formula is C22H31IN4O2. The number of nitrogens with one attached hydrogen (secondary N) is 2. The number of guanidine groups is 1. The number of benzene rings is 2. The zero-order valence-corrected chi connectivity index (χ0v) is 19.7. The number of hydrogen-bond acceptors (Lipinski definition) is 4. The second kappa shape index (κ2) is 11.9. The zero-order chi connectivity index (χ0) is 19.8. The lowest BCUT2D eigenvalue weighted by molar-refractivity contribution is 0.251. The van der Waals surface area contributed by atoms with E-state index < -0.39 is 0 Å². The quantitative estimate of drug-likeness (QED) is 0.257. The zero-order valence-electron chi connectivity index (χ0n) is 17.4. The van der Waals surface area contributed by atoms with Crippen molar-refractivity contribution in [1.82, 2.24) is 10.2 Å². The predicted octanol–water partition coefficient (Wildman–Crippen LogP) is 3.76. The summed E-state index contributed by atoms with van der Waals surface area (Å²) in [5.41, 5.74) is 3.86. The topological polar surface area (TPSA) is 58.1 Å². The van der Waals surface area contributed by atoms with E-state index in [9.17, 15) is 0 Å². The maximum absolute atomic E-state index is 5.35. The third-order valence-corrected chi connectivity index (χ3v) is 5.02. The van der Waals surface area contributed by atoms with Gasteiger partial charge in [-0.3, -0.25) is 9.89 Å². The number of fused-ring (bicyclic) bond motifs is 1. The van der Waals surface area contributed by atoms with Crippen molar-refractivity contribution in [3.63, 3.8) is 0 Å². The summed E-state index contributed by atoms with van der Waals surface area (Å²) in [6, 6.07) is 14.5. The minimum absolute atomic E-state index is 0. The van der Waals surface area contributed by atoms with Crippen LogP contribution in [0.25, 0.3) is 0 Å². The maximum Gasteiger partial charge on any atom is 0.195 e. The Labute approximate surface area is 190 Å². The molecule has 6 nitrogen and oxygen atoms in total. The Morgan fingerprint density at radius 1 is 1.07 bits per heavy atom. The summed E-state index contributed by atoms with van der Waals surface area (Å²) in [7, 11) is 5.04. The number of nitrogens with zero attached hydrogens (tertiary/aromatic N) is 2. The highest BCUT2D eigenvalue weighted by atomic mass is 127. The van der Waals surface area contributed by atoms with E-state index in [1.807, 2.05) is 18.2 Å². The Morgan fingerprint density at radius 2 is 1.83 bits per heavy atom. The van der Waals surface area contributed by atoms with Gasteiger partial charge < -0.3 is 20.1 Å². The molecule has 7 heteroatoms. The SMILES string of the molecule is CN=C(NCCCN1CCc2ccccc2C1)Nc1ccc(OC)c(OC)c1.I. The van der Waals surface area contributed by atoms with Crippen LogP contribution in [0, 0.1) is 0 Å². The number of methoxy groups -OCH3 is 2. The van der Waals surface area contributed by atoms with Crippen LogP contribution < -0.4 is 20.1 Å². The van der Waals surface area contributed by atoms with Crippen LogP contribution in [0.5, 0.6) is 11.5 Å². The van der Waals surface area contributed by atoms with Crippen LogP contribution in [0.2, 0.25) is 0 Å². The summed E-state index contributed by atoms with van der Waals surface area (Å²) in [5.74, 6) is 2.14. The van der Waals surface area contributed by atoms with Gasteiger partial charge in [0.15, 0.2) is 17.5 Å². The Hall–Kier alpha value is -2.00. The molecule has 29 heavy (non-hydrogen) atoms. The predicted molar refractivity (Wildman–Crippen MR) is 130 cm³/mol. The van der Waals surface area contributed by atoms with Crippen molar-refractivity contribution in [3.8, 4) is 11.5 Å². The van der Waals surface area contributed by atoms with E-state index in [0.717, 1.165) is 50.7 Å². The molecule has 0 unspecified atom stereocenters. The molecule has 0 saturated heterocycles. The molecular weight excluding hydrogens is 479 g/mol. The van der Waals surface area contributed by atoms with Crippen LogP contribution in [0.3, 0.4) is 0 Å². The molecule has 3 rings (SSSR count). The molecule has 0 atom stereocenters. The van der Waals surface area contributed by atoms with Gasteiger partial charge in [-0.05, 0) is 36.1 Å². The van der Waals surface area contributed by atoms with Gasteiger partial charge in [-0.25, -0.2) is 0 Å². The highest BCUT2D eigenvalue weighted by Crippen LogP contribution is 2.29. The number of hydrogen-bond donors (Lipinski definition) is 2. The summed E-state index contributed by atoms with van der Waals surface area (Å²) in [6.45, 7) is 4.13. The summed E-state index contributed by atoms with van der Waals surface area (Å²) in [5, 5.41) is 6.68. The average Bonchev–Trinajstić information content (AvgIpc) is 2.75. The van der Waals surface area contributed by atoms with Crippen LogP contribution in [0.1, 0.15) is 17.5 Å². The Kier molecular flexibility index (Phi) is 9.53. The maximum atomic E-state index is 5.35. The lowest BCUT2D eigenvalue weighted by Gasteiger charge is -2.28. The standard InChI is InChI=1S/C22H30N4O2.HI/c1-23-22(25-19-9-10-20(27-2)21(15-19)28-3)24-12-6-13-26-14-11-17-7-4-5-8-18(17)16-26;/h4-5,7-10,15H,6,11-14,16H2,1-3H3,(H2,23,24,25);1H. The van der Waals surface area contributed by atoms with Gasteiger partial charge in [-0.1, -0.05) is 24.3 Å². The molecule has 1 heterocycles. The van der Waals surface area contributed by atoms with E-state index in [0.29, 0.717) is 11.5 Å². The lowest BCUT2D eigenvalue weighted by atomic mass is 10.00. The summed E-state index contributed by atoms with van der Waals surface area (Å²) in [4.78, 5) is 6.83. The Balaban J connectivity index is 0.00000300. The van der Waals surface area contributed by atoms with E-state index in [-0.39, 0.29) is 24.0 Å². The molecule has 1 aliphatic heterocycles. The molecule has 1 aliphatic rings. The number of ether oxygens (including phenoxy) is 2. The van der Waals surface area contributed by atoms with Crippen LogP contribution in [-0.4, -0.2) is 51.8 Å². The fourth-order valence-electron chi connectivity index (χ4n) is 3.48. The molecule has 158 valence electrons. The number of halogens is 1. The first kappa shape index (κ1) is 23.3. The van der Waals surface area contributed by atoms with Crippen molar-refractivity contribution in [2.24, 2.45) is 4.99 Å². The monoisotopic (exact) mass is 510 g/mol. The second-order valence-corrected chi connectivity index (χ2v) is 6.84. The molecule has 2 aromatic rings. The number of anilines is 1. The van der Waals surface area contributed by atoms with Gasteiger partial charge >= 0.3 is 0 Å². The molecule has 0 saturated carbocycles. The number of aliphatic imine (C=N–C) groups is 1. The number of rotatable bonds is 7. The third kappa shape index (κ3) is 6.50. The van der Waals surface area contributed by atoms with Gasteiger partial charge in [0.05, 0.1) is 14.2 Å². The fourth-order valence-corrected chi connectivity index (χ4v) is 3.48. The van der Waals surface area contributed by atoms with Gasteiger partial charge in [0.2, 0.25) is 0 Å². The van der Waals surface area contributed by atoms with E-state index in [1.165, 1.54) is 11.1 Å². The van der Waals surface area contributed by atoms with E-state index in [4.69, 9.17) is 9.47 Å². The fraction of sp³-hybridized carbons (Fsp3) is 0.409. The Bertz CT molecular complexity index is 813. The third-order valence-electron chi connectivity index (χ3n) is 5.02. The molecule has 2 N–H and O–H groups in total. The summed E-state index contributed by atoms with van der Waals surface area (Å²) >= 11 is 0. The largest absolute Gasteiger partial charge is 0.493 e. The van der Waals surface area contributed by atoms with Crippen LogP contribution >= 0.6 is 24.0 Å². The van der Waals surface area contributed by atoms with Crippen LogP contribution in [0.4, 0.5) is 5.69 Å². The van der Waals surface area contributed by atoms with Crippen molar-refractivity contribution < 1.29 is 9.47 Å². The smallest absolute Gasteiger partial charge is 0.195 e. The van der Waals surface area contributed by atoms with Crippen LogP contribution in [0.15, 0.2) is 47.5 Å².